The molecule has 53 heavy (non-hydrogen) atoms. The fourth-order valence-electron chi connectivity index (χ4n) is 5.64. The van der Waals surface area contributed by atoms with Crippen molar-refractivity contribution in [3.05, 3.63) is 72.9 Å². The third kappa shape index (κ3) is 27.0. The van der Waals surface area contributed by atoms with Gasteiger partial charge in [-0.15, -0.1) is 0 Å². The summed E-state index contributed by atoms with van der Waals surface area (Å²) in [6, 6.07) is 0. The van der Waals surface area contributed by atoms with E-state index in [1.54, 1.807) is 0 Å². The van der Waals surface area contributed by atoms with Gasteiger partial charge in [0.05, 0.1) is 19.8 Å². The number of esters is 1. The topological polar surface area (TPSA) is 135 Å². The molecule has 1 aliphatic rings. The Kier molecular flexibility index (Phi) is 32.4. The monoisotopic (exact) mass is 747 g/mol. The molecule has 4 N–H and O–H groups in total. The predicted octanol–water partition coefficient (Wildman–Crippen LogP) is 8.52. The Labute approximate surface area is 321 Å². The Morgan fingerprint density at radius 1 is 0.623 bits per heavy atom. The molecule has 0 aliphatic carbocycles. The van der Waals surface area contributed by atoms with Crippen molar-refractivity contribution in [2.75, 3.05) is 26.4 Å². The molecule has 0 bridgehead atoms. The number of rotatable bonds is 33. The Bertz CT molecular complexity index is 1030. The van der Waals surface area contributed by atoms with Crippen molar-refractivity contribution >= 4 is 5.97 Å². The Hall–Kier alpha value is -2.37. The van der Waals surface area contributed by atoms with Crippen LogP contribution in [0.2, 0.25) is 0 Å². The Morgan fingerprint density at radius 3 is 1.75 bits per heavy atom. The van der Waals surface area contributed by atoms with Gasteiger partial charge in [-0.25, -0.2) is 0 Å². The molecule has 0 aromatic rings. The van der Waals surface area contributed by atoms with E-state index in [9.17, 15) is 25.2 Å². The quantitative estimate of drug-likeness (QED) is 0.0296. The maximum Gasteiger partial charge on any atom is 0.306 e. The summed E-state index contributed by atoms with van der Waals surface area (Å²) in [6.07, 6.45) is 37.9. The van der Waals surface area contributed by atoms with E-state index in [4.69, 9.17) is 18.9 Å². The SMILES string of the molecule is CC/C=C\C/C=C\C/C=C\C/C=C\C/C=C\CCCC(=O)OC(COCCCCCCCC/C=C\CCCCC)COC1OC(CO)C(O)C(O)C1O. The van der Waals surface area contributed by atoms with Crippen molar-refractivity contribution in [2.45, 2.75) is 173 Å². The van der Waals surface area contributed by atoms with Gasteiger partial charge in [0.25, 0.3) is 0 Å². The minimum atomic E-state index is -1.55. The summed E-state index contributed by atoms with van der Waals surface area (Å²) in [5, 5.41) is 40.0. The summed E-state index contributed by atoms with van der Waals surface area (Å²) < 4.78 is 22.7. The van der Waals surface area contributed by atoms with E-state index in [-0.39, 0.29) is 25.6 Å². The van der Waals surface area contributed by atoms with Gasteiger partial charge in [-0.05, 0) is 77.0 Å². The lowest BCUT2D eigenvalue weighted by Crippen LogP contribution is -2.59. The summed E-state index contributed by atoms with van der Waals surface area (Å²) in [5.41, 5.74) is 0. The van der Waals surface area contributed by atoms with Gasteiger partial charge in [0.2, 0.25) is 0 Å². The van der Waals surface area contributed by atoms with Crippen LogP contribution < -0.4 is 0 Å². The number of aliphatic hydroxyl groups excluding tert-OH is 4. The van der Waals surface area contributed by atoms with Crippen LogP contribution in [0.15, 0.2) is 72.9 Å². The van der Waals surface area contributed by atoms with Gasteiger partial charge in [0.15, 0.2) is 6.29 Å². The van der Waals surface area contributed by atoms with Crippen LogP contribution in [0.4, 0.5) is 0 Å². The summed E-state index contributed by atoms with van der Waals surface area (Å²) in [6.45, 7) is 4.31. The maximum absolute atomic E-state index is 12.7. The highest BCUT2D eigenvalue weighted by Crippen LogP contribution is 2.22. The number of ether oxygens (including phenoxy) is 4. The summed E-state index contributed by atoms with van der Waals surface area (Å²) in [5.74, 6) is -0.376. The third-order valence-corrected chi connectivity index (χ3v) is 8.86. The molecule has 0 amide bonds. The molecule has 304 valence electrons. The molecule has 1 heterocycles. The van der Waals surface area contributed by atoms with Gasteiger partial charge in [-0.3, -0.25) is 4.79 Å². The summed E-state index contributed by atoms with van der Waals surface area (Å²) in [4.78, 5) is 12.7. The lowest BCUT2D eigenvalue weighted by atomic mass is 9.99. The average molecular weight is 747 g/mol. The molecular formula is C44H74O9. The standard InChI is InChI=1S/C44H74O9/c1-3-5-7-9-11-13-15-17-18-19-20-21-23-25-27-29-31-33-40(46)52-38(37-51-44-43(49)42(48)41(47)39(35-45)53-44)36-50-34-32-30-28-26-24-22-16-14-12-10-8-6-4-2/h5,7,11-14,17-18,20-21,25,27,38-39,41-45,47-49H,3-4,6,8-10,15-16,19,22-24,26,28-37H2,1-2H3/b7-5-,13-11-,14-12-,18-17-,21-20-,27-25-. The van der Waals surface area contributed by atoms with E-state index in [0.717, 1.165) is 64.2 Å². The Morgan fingerprint density at radius 2 is 1.15 bits per heavy atom. The molecule has 0 aromatic heterocycles. The molecule has 0 aromatic carbocycles. The van der Waals surface area contributed by atoms with Crippen molar-refractivity contribution in [2.24, 2.45) is 0 Å². The highest BCUT2D eigenvalue weighted by molar-refractivity contribution is 5.69. The largest absolute Gasteiger partial charge is 0.457 e. The average Bonchev–Trinajstić information content (AvgIpc) is 3.16. The van der Waals surface area contributed by atoms with Crippen LogP contribution in [0.5, 0.6) is 0 Å². The first-order valence-electron chi connectivity index (χ1n) is 20.5. The number of carbonyl (C=O) groups excluding carboxylic acids is 1. The second-order valence-corrected chi connectivity index (χ2v) is 13.7. The maximum atomic E-state index is 12.7. The lowest BCUT2D eigenvalue weighted by molar-refractivity contribution is -0.305. The number of allylic oxidation sites excluding steroid dienone is 12. The highest BCUT2D eigenvalue weighted by atomic mass is 16.7. The van der Waals surface area contributed by atoms with Crippen LogP contribution in [0.25, 0.3) is 0 Å². The Balaban J connectivity index is 2.37. The molecule has 1 rings (SSSR count). The number of aliphatic hydroxyl groups is 4. The second-order valence-electron chi connectivity index (χ2n) is 13.7. The molecule has 6 atom stereocenters. The van der Waals surface area contributed by atoms with Gasteiger partial charge in [-0.2, -0.15) is 0 Å². The van der Waals surface area contributed by atoms with Crippen LogP contribution in [-0.2, 0) is 23.7 Å². The molecular weight excluding hydrogens is 672 g/mol. The first kappa shape index (κ1) is 48.6. The highest BCUT2D eigenvalue weighted by Gasteiger charge is 2.44. The first-order chi connectivity index (χ1) is 25.9. The van der Waals surface area contributed by atoms with Gasteiger partial charge < -0.3 is 39.4 Å². The van der Waals surface area contributed by atoms with Gasteiger partial charge in [0.1, 0.15) is 30.5 Å². The molecule has 1 saturated heterocycles. The van der Waals surface area contributed by atoms with Gasteiger partial charge in [-0.1, -0.05) is 125 Å². The number of hydrogen-bond donors (Lipinski definition) is 4. The second kappa shape index (κ2) is 35.3. The van der Waals surface area contributed by atoms with Crippen molar-refractivity contribution < 1.29 is 44.2 Å². The van der Waals surface area contributed by atoms with Crippen LogP contribution in [0.1, 0.15) is 136 Å². The molecule has 1 aliphatic heterocycles. The molecule has 0 saturated carbocycles. The zero-order chi connectivity index (χ0) is 38.6. The molecule has 6 unspecified atom stereocenters. The van der Waals surface area contributed by atoms with E-state index < -0.39 is 43.4 Å². The van der Waals surface area contributed by atoms with E-state index in [1.807, 2.05) is 0 Å². The zero-order valence-corrected chi connectivity index (χ0v) is 33.0. The minimum absolute atomic E-state index is 0.114. The van der Waals surface area contributed by atoms with Crippen molar-refractivity contribution in [3.8, 4) is 0 Å². The fraction of sp³-hybridized carbons (Fsp3) is 0.705. The van der Waals surface area contributed by atoms with Crippen LogP contribution in [0.3, 0.4) is 0 Å². The molecule has 9 nitrogen and oxygen atoms in total. The van der Waals surface area contributed by atoms with Crippen molar-refractivity contribution in [1.29, 1.82) is 0 Å². The lowest BCUT2D eigenvalue weighted by Gasteiger charge is -2.39. The van der Waals surface area contributed by atoms with Gasteiger partial charge in [0, 0.05) is 13.0 Å². The summed E-state index contributed by atoms with van der Waals surface area (Å²) >= 11 is 0. The van der Waals surface area contributed by atoms with Gasteiger partial charge >= 0.3 is 5.97 Å². The van der Waals surface area contributed by atoms with E-state index in [2.05, 4.69) is 86.8 Å². The van der Waals surface area contributed by atoms with Crippen LogP contribution in [0, 0.1) is 0 Å². The number of carbonyl (C=O) groups is 1. The molecule has 9 heteroatoms. The smallest absolute Gasteiger partial charge is 0.306 e. The van der Waals surface area contributed by atoms with Crippen molar-refractivity contribution in [3.63, 3.8) is 0 Å². The van der Waals surface area contributed by atoms with Crippen molar-refractivity contribution in [1.82, 2.24) is 0 Å². The van der Waals surface area contributed by atoms with Crippen LogP contribution >= 0.6 is 0 Å². The zero-order valence-electron chi connectivity index (χ0n) is 33.0. The van der Waals surface area contributed by atoms with E-state index >= 15 is 0 Å². The number of unbranched alkanes of at least 4 members (excludes halogenated alkanes) is 10. The molecule has 0 radical (unpaired) electrons. The first-order valence-corrected chi connectivity index (χ1v) is 20.5. The minimum Gasteiger partial charge on any atom is -0.457 e. The molecule has 1 fully saturated rings. The number of hydrogen-bond acceptors (Lipinski definition) is 9. The third-order valence-electron chi connectivity index (χ3n) is 8.86. The normalized spacial score (nSPS) is 21.8. The predicted molar refractivity (Wildman–Crippen MR) is 214 cm³/mol. The van der Waals surface area contributed by atoms with E-state index in [0.29, 0.717) is 13.0 Å². The fourth-order valence-corrected chi connectivity index (χ4v) is 5.64. The van der Waals surface area contributed by atoms with E-state index in [1.165, 1.54) is 44.9 Å². The summed E-state index contributed by atoms with van der Waals surface area (Å²) in [7, 11) is 0. The van der Waals surface area contributed by atoms with Crippen LogP contribution in [-0.4, -0.2) is 89.6 Å². The molecule has 0 spiro atoms.